The molecule has 2 aromatic carbocycles. The summed E-state index contributed by atoms with van der Waals surface area (Å²) in [7, 11) is 1.63. The molecule has 1 heterocycles. The van der Waals surface area contributed by atoms with Crippen molar-refractivity contribution in [3.63, 3.8) is 0 Å². The van der Waals surface area contributed by atoms with Gasteiger partial charge in [0.1, 0.15) is 6.61 Å². The van der Waals surface area contributed by atoms with Crippen molar-refractivity contribution in [1.82, 2.24) is 9.80 Å². The molecule has 0 fully saturated rings. The molecule has 3 aromatic rings. The van der Waals surface area contributed by atoms with Gasteiger partial charge in [-0.2, -0.15) is 0 Å². The molecule has 0 bridgehead atoms. The smallest absolute Gasteiger partial charge is 0.249 e. The van der Waals surface area contributed by atoms with E-state index in [1.54, 1.807) is 23.3 Å². The van der Waals surface area contributed by atoms with Crippen molar-refractivity contribution in [1.29, 1.82) is 0 Å². The molecule has 0 aliphatic heterocycles. The van der Waals surface area contributed by atoms with Gasteiger partial charge in [-0.05, 0) is 29.0 Å². The van der Waals surface area contributed by atoms with Crippen LogP contribution in [0.15, 0.2) is 78.2 Å². The van der Waals surface area contributed by atoms with Crippen LogP contribution in [0.5, 0.6) is 0 Å². The fourth-order valence-corrected chi connectivity index (χ4v) is 4.22. The minimum absolute atomic E-state index is 0.00938. The van der Waals surface area contributed by atoms with Gasteiger partial charge in [-0.1, -0.05) is 66.7 Å². The second-order valence-electron chi connectivity index (χ2n) is 7.95. The number of amides is 2. The molecule has 0 saturated heterocycles. The molecule has 1 aromatic heterocycles. The Kier molecular flexibility index (Phi) is 10.8. The predicted molar refractivity (Wildman–Crippen MR) is 134 cm³/mol. The molecule has 180 valence electrons. The summed E-state index contributed by atoms with van der Waals surface area (Å²) < 4.78 is 10.8. The number of carbonyl (C=O) groups is 2. The van der Waals surface area contributed by atoms with Crippen LogP contribution >= 0.6 is 11.3 Å². The van der Waals surface area contributed by atoms with Gasteiger partial charge in [0.25, 0.3) is 0 Å². The van der Waals surface area contributed by atoms with Gasteiger partial charge in [0, 0.05) is 31.7 Å². The van der Waals surface area contributed by atoms with Crippen molar-refractivity contribution in [2.45, 2.75) is 26.1 Å². The minimum Gasteiger partial charge on any atom is -0.385 e. The second kappa shape index (κ2) is 14.3. The van der Waals surface area contributed by atoms with Crippen LogP contribution in [-0.4, -0.2) is 55.0 Å². The highest BCUT2D eigenvalue weighted by molar-refractivity contribution is 7.09. The van der Waals surface area contributed by atoms with E-state index in [4.69, 9.17) is 9.47 Å². The first-order chi connectivity index (χ1) is 16.7. The standard InChI is InChI=1S/C27H32N2O4S/c1-32-16-9-15-28(27(31)22-33-21-24-12-6-3-7-13-24)20-26(30)29(19-25-14-8-17-34-25)18-23-10-4-2-5-11-23/h2-8,10-14,17H,9,15-16,18-22H2,1H3. The molecule has 34 heavy (non-hydrogen) atoms. The van der Waals surface area contributed by atoms with Crippen LogP contribution in [0.2, 0.25) is 0 Å². The number of ether oxygens (including phenoxy) is 2. The topological polar surface area (TPSA) is 59.1 Å². The quantitative estimate of drug-likeness (QED) is 0.322. The Morgan fingerprint density at radius 1 is 0.824 bits per heavy atom. The highest BCUT2D eigenvalue weighted by Crippen LogP contribution is 2.15. The largest absolute Gasteiger partial charge is 0.385 e. The van der Waals surface area contributed by atoms with Crippen LogP contribution in [0.1, 0.15) is 22.4 Å². The van der Waals surface area contributed by atoms with Crippen LogP contribution in [0.3, 0.4) is 0 Å². The monoisotopic (exact) mass is 480 g/mol. The lowest BCUT2D eigenvalue weighted by Crippen LogP contribution is -2.44. The Hall–Kier alpha value is -3.00. The lowest BCUT2D eigenvalue weighted by Gasteiger charge is -2.27. The highest BCUT2D eigenvalue weighted by atomic mass is 32.1. The van der Waals surface area contributed by atoms with Gasteiger partial charge in [-0.3, -0.25) is 9.59 Å². The number of nitrogens with zero attached hydrogens (tertiary/aromatic N) is 2. The third-order valence-corrected chi connectivity index (χ3v) is 6.15. The van der Waals surface area contributed by atoms with Gasteiger partial charge in [-0.15, -0.1) is 11.3 Å². The molecular formula is C27H32N2O4S. The highest BCUT2D eigenvalue weighted by Gasteiger charge is 2.22. The molecule has 2 amide bonds. The Balaban J connectivity index is 1.64. The van der Waals surface area contributed by atoms with E-state index in [-0.39, 0.29) is 25.0 Å². The molecular weight excluding hydrogens is 448 g/mol. The number of benzene rings is 2. The third kappa shape index (κ3) is 8.74. The van der Waals surface area contributed by atoms with Crippen molar-refractivity contribution in [3.05, 3.63) is 94.2 Å². The van der Waals surface area contributed by atoms with Crippen LogP contribution < -0.4 is 0 Å². The van der Waals surface area contributed by atoms with E-state index in [2.05, 4.69) is 0 Å². The zero-order valence-electron chi connectivity index (χ0n) is 19.6. The number of methoxy groups -OCH3 is 1. The predicted octanol–water partition coefficient (Wildman–Crippen LogP) is 4.36. The molecule has 7 heteroatoms. The van der Waals surface area contributed by atoms with Crippen molar-refractivity contribution < 1.29 is 19.1 Å². The summed E-state index contributed by atoms with van der Waals surface area (Å²) in [5.74, 6) is -0.290. The van der Waals surface area contributed by atoms with E-state index in [0.29, 0.717) is 39.3 Å². The normalized spacial score (nSPS) is 10.7. The molecule has 0 spiro atoms. The summed E-state index contributed by atoms with van der Waals surface area (Å²) >= 11 is 1.62. The van der Waals surface area contributed by atoms with E-state index in [1.165, 1.54) is 0 Å². The summed E-state index contributed by atoms with van der Waals surface area (Å²) in [5.41, 5.74) is 2.05. The summed E-state index contributed by atoms with van der Waals surface area (Å²) in [6.45, 7) is 2.24. The van der Waals surface area contributed by atoms with Crippen LogP contribution in [0.25, 0.3) is 0 Å². The molecule has 0 unspecified atom stereocenters. The fraction of sp³-hybridized carbons (Fsp3) is 0.333. The van der Waals surface area contributed by atoms with Gasteiger partial charge < -0.3 is 19.3 Å². The molecule has 3 rings (SSSR count). The van der Waals surface area contributed by atoms with E-state index in [9.17, 15) is 9.59 Å². The summed E-state index contributed by atoms with van der Waals surface area (Å²) in [6.07, 6.45) is 0.651. The molecule has 0 N–H and O–H groups in total. The maximum atomic E-state index is 13.4. The molecule has 0 aliphatic rings. The maximum absolute atomic E-state index is 13.4. The maximum Gasteiger partial charge on any atom is 0.249 e. The van der Waals surface area contributed by atoms with Crippen LogP contribution in [0, 0.1) is 0 Å². The van der Waals surface area contributed by atoms with E-state index >= 15 is 0 Å². The Morgan fingerprint density at radius 3 is 2.18 bits per heavy atom. The number of hydrogen-bond acceptors (Lipinski definition) is 5. The first kappa shape index (κ1) is 25.6. The van der Waals surface area contributed by atoms with E-state index in [1.807, 2.05) is 83.1 Å². The minimum atomic E-state index is -0.198. The number of thiophene rings is 1. The zero-order chi connectivity index (χ0) is 24.0. The van der Waals surface area contributed by atoms with Gasteiger partial charge in [-0.25, -0.2) is 0 Å². The Morgan fingerprint density at radius 2 is 1.53 bits per heavy atom. The SMILES string of the molecule is COCCCN(CC(=O)N(Cc1ccccc1)Cc1cccs1)C(=O)COCc1ccccc1. The molecule has 0 saturated carbocycles. The second-order valence-corrected chi connectivity index (χ2v) is 8.99. The molecule has 0 radical (unpaired) electrons. The molecule has 6 nitrogen and oxygen atoms in total. The first-order valence-corrected chi connectivity index (χ1v) is 12.3. The first-order valence-electron chi connectivity index (χ1n) is 11.4. The molecule has 0 atom stereocenters. The molecule has 0 aliphatic carbocycles. The van der Waals surface area contributed by atoms with Crippen LogP contribution in [-0.2, 0) is 38.8 Å². The van der Waals surface area contributed by atoms with Crippen LogP contribution in [0.4, 0.5) is 0 Å². The Labute approximate surface area is 205 Å². The van der Waals surface area contributed by atoms with Gasteiger partial charge in [0.15, 0.2) is 0 Å². The zero-order valence-corrected chi connectivity index (χ0v) is 20.4. The van der Waals surface area contributed by atoms with Gasteiger partial charge in [0.2, 0.25) is 11.8 Å². The van der Waals surface area contributed by atoms with Crippen molar-refractivity contribution in [2.75, 3.05) is 33.4 Å². The fourth-order valence-electron chi connectivity index (χ4n) is 3.50. The average molecular weight is 481 g/mol. The van der Waals surface area contributed by atoms with Gasteiger partial charge in [0.05, 0.1) is 19.7 Å². The average Bonchev–Trinajstić information content (AvgIpc) is 3.37. The number of carbonyl (C=O) groups excluding carboxylic acids is 2. The summed E-state index contributed by atoms with van der Waals surface area (Å²) in [6, 6.07) is 23.6. The van der Waals surface area contributed by atoms with E-state index < -0.39 is 0 Å². The Bertz CT molecular complexity index is 980. The lowest BCUT2D eigenvalue weighted by molar-refractivity contribution is -0.144. The summed E-state index contributed by atoms with van der Waals surface area (Å²) in [5, 5.41) is 2.01. The number of hydrogen-bond donors (Lipinski definition) is 0. The lowest BCUT2D eigenvalue weighted by atomic mass is 10.2. The third-order valence-electron chi connectivity index (χ3n) is 5.29. The van der Waals surface area contributed by atoms with Crippen molar-refractivity contribution in [3.8, 4) is 0 Å². The van der Waals surface area contributed by atoms with Crippen molar-refractivity contribution in [2.24, 2.45) is 0 Å². The summed E-state index contributed by atoms with van der Waals surface area (Å²) in [4.78, 5) is 30.8. The van der Waals surface area contributed by atoms with Gasteiger partial charge >= 0.3 is 0 Å². The van der Waals surface area contributed by atoms with E-state index in [0.717, 1.165) is 16.0 Å². The van der Waals surface area contributed by atoms with Crippen molar-refractivity contribution >= 4 is 23.2 Å². The number of rotatable bonds is 14.